The first-order chi connectivity index (χ1) is 21.0. The summed E-state index contributed by atoms with van der Waals surface area (Å²) in [7, 11) is 1.55. The third kappa shape index (κ3) is 7.39. The summed E-state index contributed by atoms with van der Waals surface area (Å²) in [6.45, 7) is 2.22. The summed E-state index contributed by atoms with van der Waals surface area (Å²) in [5.74, 6) is -0.843. The number of hydrogen-bond donors (Lipinski definition) is 2. The molecule has 1 atom stereocenters. The molecule has 2 fully saturated rings. The second-order valence-electron chi connectivity index (χ2n) is 11.2. The predicted octanol–water partition coefficient (Wildman–Crippen LogP) is 5.30. The Hall–Kier alpha value is -3.96. The van der Waals surface area contributed by atoms with E-state index in [1.54, 1.807) is 48.3 Å². The Morgan fingerprint density at radius 1 is 1.07 bits per heavy atom. The van der Waals surface area contributed by atoms with E-state index in [0.29, 0.717) is 60.2 Å². The predicted molar refractivity (Wildman–Crippen MR) is 161 cm³/mol. The molecule has 2 aliphatic heterocycles. The van der Waals surface area contributed by atoms with Crippen LogP contribution in [0.4, 0.5) is 19.0 Å². The molecular formula is C32H33ClF3N5O3. The van der Waals surface area contributed by atoms with Gasteiger partial charge in [0.05, 0.1) is 5.56 Å². The third-order valence-electron chi connectivity index (χ3n) is 8.21. The summed E-state index contributed by atoms with van der Waals surface area (Å²) in [5.41, 5.74) is 1.60. The first-order valence-corrected chi connectivity index (χ1v) is 14.9. The van der Waals surface area contributed by atoms with Gasteiger partial charge in [-0.1, -0.05) is 35.9 Å². The molecule has 1 unspecified atom stereocenters. The molecule has 8 nitrogen and oxygen atoms in total. The van der Waals surface area contributed by atoms with Crippen LogP contribution in [0.3, 0.4) is 0 Å². The van der Waals surface area contributed by atoms with Crippen molar-refractivity contribution in [3.05, 3.63) is 82.5 Å². The Kier molecular flexibility index (Phi) is 9.55. The van der Waals surface area contributed by atoms with Gasteiger partial charge in [0, 0.05) is 55.4 Å². The van der Waals surface area contributed by atoms with E-state index in [2.05, 4.69) is 15.6 Å². The van der Waals surface area contributed by atoms with Gasteiger partial charge >= 0.3 is 6.18 Å². The van der Waals surface area contributed by atoms with Gasteiger partial charge in [0.15, 0.2) is 0 Å². The zero-order valence-electron chi connectivity index (χ0n) is 24.2. The fourth-order valence-electron chi connectivity index (χ4n) is 5.68. The number of amides is 3. The van der Waals surface area contributed by atoms with E-state index in [-0.39, 0.29) is 24.1 Å². The molecule has 2 aliphatic rings. The molecule has 2 N–H and O–H groups in total. The maximum atomic E-state index is 14.1. The molecule has 3 amide bonds. The lowest BCUT2D eigenvalue weighted by molar-refractivity contribution is -0.138. The average molecular weight is 628 g/mol. The van der Waals surface area contributed by atoms with Crippen molar-refractivity contribution in [2.45, 2.75) is 44.4 Å². The van der Waals surface area contributed by atoms with E-state index in [1.165, 1.54) is 11.1 Å². The molecule has 1 aromatic heterocycles. The monoisotopic (exact) mass is 627 g/mol. The fourth-order valence-corrected chi connectivity index (χ4v) is 5.87. The van der Waals surface area contributed by atoms with Gasteiger partial charge in [0.2, 0.25) is 11.8 Å². The van der Waals surface area contributed by atoms with Crippen molar-refractivity contribution < 1.29 is 27.6 Å². The number of alkyl halides is 3. The summed E-state index contributed by atoms with van der Waals surface area (Å²) in [5, 5.41) is 6.13. The van der Waals surface area contributed by atoms with E-state index in [0.717, 1.165) is 24.5 Å². The maximum Gasteiger partial charge on any atom is 0.419 e. The molecule has 232 valence electrons. The van der Waals surface area contributed by atoms with Crippen LogP contribution in [0.25, 0.3) is 11.1 Å². The van der Waals surface area contributed by atoms with Crippen LogP contribution >= 0.6 is 11.6 Å². The number of aromatic nitrogens is 1. The van der Waals surface area contributed by atoms with Crippen molar-refractivity contribution >= 4 is 35.1 Å². The Balaban J connectivity index is 1.12. The quantitative estimate of drug-likeness (QED) is 0.329. The van der Waals surface area contributed by atoms with Gasteiger partial charge < -0.3 is 15.1 Å². The number of carbonyl (C=O) groups excluding carboxylic acids is 3. The Morgan fingerprint density at radius 2 is 1.80 bits per heavy atom. The average Bonchev–Trinajstić information content (AvgIpc) is 3.00. The second kappa shape index (κ2) is 13.4. The normalized spacial score (nSPS) is 17.8. The highest BCUT2D eigenvalue weighted by atomic mass is 35.5. The fraction of sp³-hybridized carbons (Fsp3) is 0.375. The first-order valence-electron chi connectivity index (χ1n) is 14.5. The van der Waals surface area contributed by atoms with Gasteiger partial charge in [0.25, 0.3) is 5.91 Å². The van der Waals surface area contributed by atoms with Crippen LogP contribution in [-0.2, 0) is 22.3 Å². The molecule has 3 aromatic rings. The van der Waals surface area contributed by atoms with Gasteiger partial charge in [-0.05, 0) is 73.2 Å². The number of rotatable bonds is 8. The van der Waals surface area contributed by atoms with Crippen LogP contribution in [0.1, 0.15) is 47.2 Å². The number of benzene rings is 2. The number of nitrogens with one attached hydrogen (secondary N) is 2. The standard InChI is InChI=1S/C32H33ClF3N5O3/c1-40(27-9-10-28(42)39-30(27)43)31(44)22-7-5-20(6-8-22)17-37-18-21-11-13-41(14-12-21)29-26(32(34,35)36)16-24(19-38-29)23-3-2-4-25(33)15-23/h2-8,15-16,19,21,27,37H,9-14,17-18H2,1H3,(H,39,42,43). The molecule has 0 spiro atoms. The van der Waals surface area contributed by atoms with Crippen molar-refractivity contribution in [1.82, 2.24) is 20.5 Å². The highest BCUT2D eigenvalue weighted by Crippen LogP contribution is 2.39. The van der Waals surface area contributed by atoms with E-state index >= 15 is 0 Å². The van der Waals surface area contributed by atoms with Crippen molar-refractivity contribution in [2.24, 2.45) is 5.92 Å². The smallest absolute Gasteiger partial charge is 0.356 e. The zero-order valence-corrected chi connectivity index (χ0v) is 24.9. The third-order valence-corrected chi connectivity index (χ3v) is 8.44. The maximum absolute atomic E-state index is 14.1. The van der Waals surface area contributed by atoms with Crippen LogP contribution in [0.15, 0.2) is 60.8 Å². The Morgan fingerprint density at radius 3 is 2.45 bits per heavy atom. The molecule has 0 radical (unpaired) electrons. The lowest BCUT2D eigenvalue weighted by Gasteiger charge is -2.34. The summed E-state index contributed by atoms with van der Waals surface area (Å²) in [6.07, 6.45) is -1.14. The van der Waals surface area contributed by atoms with Gasteiger partial charge in [-0.25, -0.2) is 4.98 Å². The minimum atomic E-state index is -4.55. The van der Waals surface area contributed by atoms with Crippen molar-refractivity contribution in [1.29, 1.82) is 0 Å². The van der Waals surface area contributed by atoms with E-state index in [4.69, 9.17) is 11.6 Å². The van der Waals surface area contributed by atoms with Gasteiger partial charge in [0.1, 0.15) is 11.9 Å². The highest BCUT2D eigenvalue weighted by Gasteiger charge is 2.37. The van der Waals surface area contributed by atoms with Crippen LogP contribution in [0.2, 0.25) is 5.02 Å². The number of anilines is 1. The Bertz CT molecular complexity index is 1520. The lowest BCUT2D eigenvalue weighted by atomic mass is 9.96. The number of hydrogen-bond acceptors (Lipinski definition) is 6. The summed E-state index contributed by atoms with van der Waals surface area (Å²) >= 11 is 6.03. The number of likely N-dealkylation sites (N-methyl/N-ethyl adjacent to an activating group) is 1. The molecule has 12 heteroatoms. The highest BCUT2D eigenvalue weighted by molar-refractivity contribution is 6.30. The van der Waals surface area contributed by atoms with Gasteiger partial charge in [-0.2, -0.15) is 13.2 Å². The number of imide groups is 1. The molecule has 0 bridgehead atoms. The number of halogens is 4. The molecule has 5 rings (SSSR count). The Labute approximate surface area is 258 Å². The summed E-state index contributed by atoms with van der Waals surface area (Å²) < 4.78 is 42.2. The van der Waals surface area contributed by atoms with Crippen LogP contribution in [0, 0.1) is 5.92 Å². The SMILES string of the molecule is CN(C(=O)c1ccc(CNCC2CCN(c3ncc(-c4cccc(Cl)c4)cc3C(F)(F)F)CC2)cc1)C1CCC(=O)NC1=O. The zero-order chi connectivity index (χ0) is 31.4. The van der Waals surface area contributed by atoms with Crippen LogP contribution in [0.5, 0.6) is 0 Å². The van der Waals surface area contributed by atoms with E-state index < -0.39 is 23.7 Å². The minimum Gasteiger partial charge on any atom is -0.356 e. The van der Waals surface area contributed by atoms with Crippen molar-refractivity contribution in [2.75, 3.05) is 31.6 Å². The van der Waals surface area contributed by atoms with E-state index in [9.17, 15) is 27.6 Å². The van der Waals surface area contributed by atoms with Crippen LogP contribution in [-0.4, -0.2) is 60.3 Å². The summed E-state index contributed by atoms with van der Waals surface area (Å²) in [6, 6.07) is 14.3. The number of pyridine rings is 1. The number of carbonyl (C=O) groups is 3. The number of nitrogens with zero attached hydrogens (tertiary/aromatic N) is 3. The largest absolute Gasteiger partial charge is 0.419 e. The molecule has 3 heterocycles. The van der Waals surface area contributed by atoms with Crippen LogP contribution < -0.4 is 15.5 Å². The topological polar surface area (TPSA) is 94.6 Å². The lowest BCUT2D eigenvalue weighted by Crippen LogP contribution is -2.52. The molecule has 2 saturated heterocycles. The molecule has 44 heavy (non-hydrogen) atoms. The molecule has 2 aromatic carbocycles. The molecular weight excluding hydrogens is 595 g/mol. The molecule has 0 aliphatic carbocycles. The molecule has 0 saturated carbocycles. The van der Waals surface area contributed by atoms with Gasteiger partial charge in [-0.3, -0.25) is 19.7 Å². The second-order valence-corrected chi connectivity index (χ2v) is 11.7. The van der Waals surface area contributed by atoms with E-state index in [1.807, 2.05) is 12.1 Å². The van der Waals surface area contributed by atoms with Crippen molar-refractivity contribution in [3.8, 4) is 11.1 Å². The van der Waals surface area contributed by atoms with Gasteiger partial charge in [-0.15, -0.1) is 0 Å². The first kappa shape index (κ1) is 31.5. The van der Waals surface area contributed by atoms with Crippen molar-refractivity contribution in [3.63, 3.8) is 0 Å². The minimum absolute atomic E-state index is 0.0485. The summed E-state index contributed by atoms with van der Waals surface area (Å²) in [4.78, 5) is 43.7. The number of piperidine rings is 2.